The molecule has 0 atom stereocenters. The van der Waals surface area contributed by atoms with Crippen molar-refractivity contribution < 1.29 is 79.2 Å². The molecule has 4 aromatic carbocycles. The van der Waals surface area contributed by atoms with Gasteiger partial charge in [0.1, 0.15) is 0 Å². The molecule has 0 saturated heterocycles. The molecule has 8 N–H and O–H groups in total. The third kappa shape index (κ3) is 7.29. The second kappa shape index (κ2) is 14.2. The Morgan fingerprint density at radius 2 is 0.604 bits per heavy atom. The van der Waals surface area contributed by atoms with Crippen LogP contribution in [0.4, 0.5) is 0 Å². The molecule has 244 valence electrons. The lowest BCUT2D eigenvalue weighted by molar-refractivity contribution is 0.0650. The van der Waals surface area contributed by atoms with E-state index in [1.54, 1.807) is 0 Å². The summed E-state index contributed by atoms with van der Waals surface area (Å²) in [7, 11) is 0. The number of hydrogen-bond donors (Lipinski definition) is 8. The fourth-order valence-electron chi connectivity index (χ4n) is 4.55. The minimum atomic E-state index is -1.57. The number of hydrogen-bond acceptors (Lipinski definition) is 8. The second-order valence-corrected chi connectivity index (χ2v) is 9.42. The summed E-state index contributed by atoms with van der Waals surface area (Å²) in [5, 5.41) is 73.1. The highest BCUT2D eigenvalue weighted by molar-refractivity contribution is 6.11. The zero-order chi connectivity index (χ0) is 36.0. The molecule has 16 nitrogen and oxygen atoms in total. The van der Waals surface area contributed by atoms with Gasteiger partial charge in [0, 0.05) is 0 Å². The molecule has 0 radical (unpaired) electrons. The summed E-state index contributed by atoms with van der Waals surface area (Å²) in [6.07, 6.45) is 0. The minimum Gasteiger partial charge on any atom is -0.478 e. The van der Waals surface area contributed by atoms with Crippen LogP contribution in [0.3, 0.4) is 0 Å². The van der Waals surface area contributed by atoms with E-state index in [0.29, 0.717) is 0 Å². The highest BCUT2D eigenvalue weighted by atomic mass is 16.4. The Hall–Kier alpha value is -7.36. The summed E-state index contributed by atoms with van der Waals surface area (Å²) in [4.78, 5) is 89.9. The van der Waals surface area contributed by atoms with Gasteiger partial charge in [-0.2, -0.15) is 0 Å². The normalized spacial score (nSPS) is 10.2. The maximum absolute atomic E-state index is 11.5. The zero-order valence-corrected chi connectivity index (χ0v) is 23.8. The van der Waals surface area contributed by atoms with E-state index in [4.69, 9.17) is 30.6 Å². The molecule has 4 rings (SSSR count). The van der Waals surface area contributed by atoms with E-state index in [1.807, 2.05) is 0 Å². The lowest BCUT2D eigenvalue weighted by Crippen LogP contribution is -2.13. The van der Waals surface area contributed by atoms with Crippen molar-refractivity contribution in [2.24, 2.45) is 0 Å². The number of aromatic carboxylic acids is 8. The smallest absolute Gasteiger partial charge is 0.337 e. The molecule has 0 aromatic heterocycles. The quantitative estimate of drug-likeness (QED) is 0.118. The molecule has 16 heteroatoms. The van der Waals surface area contributed by atoms with Gasteiger partial charge < -0.3 is 40.9 Å². The van der Waals surface area contributed by atoms with Crippen molar-refractivity contribution in [3.05, 3.63) is 117 Å². The summed E-state index contributed by atoms with van der Waals surface area (Å²) >= 11 is 0. The third-order valence-electron chi connectivity index (χ3n) is 6.60. The average Bonchev–Trinajstić information content (AvgIpc) is 3.03. The molecule has 0 bridgehead atoms. The molecule has 48 heavy (non-hydrogen) atoms. The van der Waals surface area contributed by atoms with Crippen molar-refractivity contribution in [3.63, 3.8) is 0 Å². The molecule has 0 aliphatic rings. The largest absolute Gasteiger partial charge is 0.478 e. The zero-order valence-electron chi connectivity index (χ0n) is 23.8. The first-order valence-corrected chi connectivity index (χ1v) is 12.9. The van der Waals surface area contributed by atoms with Gasteiger partial charge in [-0.1, -0.05) is 36.4 Å². The third-order valence-corrected chi connectivity index (χ3v) is 6.60. The number of carbonyl (C=O) groups is 8. The van der Waals surface area contributed by atoms with Crippen LogP contribution in [0.2, 0.25) is 0 Å². The van der Waals surface area contributed by atoms with Crippen LogP contribution < -0.4 is 0 Å². The molecule has 0 aliphatic carbocycles. The Morgan fingerprint density at radius 1 is 0.312 bits per heavy atom. The van der Waals surface area contributed by atoms with Crippen LogP contribution in [0.5, 0.6) is 0 Å². The molecule has 0 heterocycles. The lowest BCUT2D eigenvalue weighted by atomic mass is 9.90. The van der Waals surface area contributed by atoms with Gasteiger partial charge in [-0.05, 0) is 58.7 Å². The molecule has 0 unspecified atom stereocenters. The maximum atomic E-state index is 11.5. The Morgan fingerprint density at radius 3 is 0.854 bits per heavy atom. The van der Waals surface area contributed by atoms with Crippen LogP contribution in [0.25, 0.3) is 22.3 Å². The number of benzene rings is 4. The number of carboxylic acid groups (broad SMARTS) is 8. The topological polar surface area (TPSA) is 298 Å². The first kappa shape index (κ1) is 35.1. The van der Waals surface area contributed by atoms with Gasteiger partial charge in [0.25, 0.3) is 0 Å². The monoisotopic (exact) mass is 660 g/mol. The van der Waals surface area contributed by atoms with Crippen LogP contribution in [0, 0.1) is 0 Å². The first-order chi connectivity index (χ1) is 22.5. The highest BCUT2D eigenvalue weighted by Crippen LogP contribution is 2.32. The number of carboxylic acids is 8. The van der Waals surface area contributed by atoms with Crippen molar-refractivity contribution in [2.75, 3.05) is 0 Å². The summed E-state index contributed by atoms with van der Waals surface area (Å²) < 4.78 is 0. The van der Waals surface area contributed by atoms with Crippen LogP contribution in [0.1, 0.15) is 82.9 Å². The molecular weight excluding hydrogens is 640 g/mol. The Bertz CT molecular complexity index is 1910. The fourth-order valence-corrected chi connectivity index (χ4v) is 4.55. The van der Waals surface area contributed by atoms with Crippen molar-refractivity contribution in [2.45, 2.75) is 0 Å². The van der Waals surface area contributed by atoms with Gasteiger partial charge in [-0.25, -0.2) is 38.4 Å². The van der Waals surface area contributed by atoms with E-state index < -0.39 is 92.3 Å². The standard InChI is InChI=1S/2C16H10O8/c17-13(18)9-3-1-7(5-11(9)15(21)22)8-2-4-10(14(19)20)12(6-8)16(23)24;17-13(18)9-5-1-3-7(11(9)15(21)22)8-4-2-6-10(14(19)20)12(8)16(23)24/h2*1-6H,(H,17,18)(H,19,20)(H,21,22)(H,23,24). The first-order valence-electron chi connectivity index (χ1n) is 12.9. The summed E-state index contributed by atoms with van der Waals surface area (Å²) in [6.45, 7) is 0. The molecule has 0 fully saturated rings. The Kier molecular flexibility index (Phi) is 10.4. The summed E-state index contributed by atoms with van der Waals surface area (Å²) in [6, 6.07) is 14.1. The van der Waals surface area contributed by atoms with Crippen LogP contribution in [-0.4, -0.2) is 88.6 Å². The van der Waals surface area contributed by atoms with Crippen molar-refractivity contribution in [3.8, 4) is 22.3 Å². The predicted octanol–water partition coefficient (Wildman–Crippen LogP) is 4.29. The van der Waals surface area contributed by atoms with Gasteiger partial charge in [-0.3, -0.25) is 0 Å². The molecule has 4 aromatic rings. The highest BCUT2D eigenvalue weighted by Gasteiger charge is 2.27. The maximum Gasteiger partial charge on any atom is 0.337 e. The van der Waals surface area contributed by atoms with Gasteiger partial charge in [0.05, 0.1) is 44.5 Å². The molecule has 0 saturated carbocycles. The van der Waals surface area contributed by atoms with E-state index in [9.17, 15) is 48.6 Å². The van der Waals surface area contributed by atoms with Gasteiger partial charge in [0.15, 0.2) is 0 Å². The summed E-state index contributed by atoms with van der Waals surface area (Å²) in [5.41, 5.74) is -3.92. The van der Waals surface area contributed by atoms with E-state index >= 15 is 0 Å². The summed E-state index contributed by atoms with van der Waals surface area (Å²) in [5.74, 6) is -11.9. The lowest BCUT2D eigenvalue weighted by Gasteiger charge is -2.13. The van der Waals surface area contributed by atoms with E-state index in [2.05, 4.69) is 0 Å². The SMILES string of the molecule is O=C(O)c1ccc(-c2ccc(C(=O)O)c(C(=O)O)c2)cc1C(=O)O.O=C(O)c1cccc(-c2cccc(C(=O)O)c2C(=O)O)c1C(=O)O. The van der Waals surface area contributed by atoms with E-state index in [0.717, 1.165) is 36.4 Å². The van der Waals surface area contributed by atoms with E-state index in [-0.39, 0.29) is 22.3 Å². The van der Waals surface area contributed by atoms with Crippen LogP contribution in [-0.2, 0) is 0 Å². The molecule has 0 spiro atoms. The second-order valence-electron chi connectivity index (χ2n) is 9.42. The fraction of sp³-hybridized carbons (Fsp3) is 0. The minimum absolute atomic E-state index is 0.192. The molecular formula is C32H20O16. The van der Waals surface area contributed by atoms with Gasteiger partial charge >= 0.3 is 47.8 Å². The Balaban J connectivity index is 0.000000260. The average molecular weight is 660 g/mol. The van der Waals surface area contributed by atoms with Crippen LogP contribution in [0.15, 0.2) is 72.8 Å². The van der Waals surface area contributed by atoms with E-state index in [1.165, 1.54) is 36.4 Å². The van der Waals surface area contributed by atoms with Gasteiger partial charge in [-0.15, -0.1) is 0 Å². The van der Waals surface area contributed by atoms with Crippen molar-refractivity contribution >= 4 is 47.8 Å². The molecule has 0 aliphatic heterocycles. The molecule has 0 amide bonds. The van der Waals surface area contributed by atoms with Crippen molar-refractivity contribution in [1.29, 1.82) is 0 Å². The predicted molar refractivity (Wildman–Crippen MR) is 159 cm³/mol. The van der Waals surface area contributed by atoms with Crippen LogP contribution >= 0.6 is 0 Å². The van der Waals surface area contributed by atoms with Crippen molar-refractivity contribution in [1.82, 2.24) is 0 Å². The number of rotatable bonds is 10. The Labute approximate surface area is 266 Å². The van der Waals surface area contributed by atoms with Gasteiger partial charge in [0.2, 0.25) is 0 Å².